The molecular weight excluding hydrogens is 275 g/mol. The van der Waals surface area contributed by atoms with E-state index in [-0.39, 0.29) is 17.8 Å². The third-order valence-electron chi connectivity index (χ3n) is 2.82. The monoisotopic (exact) mass is 294 g/mol. The summed E-state index contributed by atoms with van der Waals surface area (Å²) in [6.07, 6.45) is 1.56. The van der Waals surface area contributed by atoms with E-state index in [0.717, 1.165) is 18.2 Å². The maximum atomic E-state index is 13.3. The maximum absolute atomic E-state index is 13.3. The van der Waals surface area contributed by atoms with Crippen LogP contribution in [-0.4, -0.2) is 34.1 Å². The van der Waals surface area contributed by atoms with Crippen LogP contribution in [0.2, 0.25) is 0 Å². The van der Waals surface area contributed by atoms with Gasteiger partial charge in [-0.25, -0.2) is 14.0 Å². The van der Waals surface area contributed by atoms with Crippen molar-refractivity contribution in [1.82, 2.24) is 4.90 Å². The molecular formula is C15H19FN2O3. The number of hydrogen-bond donors (Lipinski definition) is 2. The van der Waals surface area contributed by atoms with Crippen LogP contribution in [-0.2, 0) is 0 Å². The molecule has 1 aromatic carbocycles. The summed E-state index contributed by atoms with van der Waals surface area (Å²) in [5, 5.41) is 11.5. The minimum absolute atomic E-state index is 0.0780. The van der Waals surface area contributed by atoms with Crippen LogP contribution in [0.3, 0.4) is 0 Å². The molecule has 0 fully saturated rings. The highest BCUT2D eigenvalue weighted by Crippen LogP contribution is 2.20. The lowest BCUT2D eigenvalue weighted by atomic mass is 10.1. The summed E-state index contributed by atoms with van der Waals surface area (Å²) in [7, 11) is 0. The van der Waals surface area contributed by atoms with E-state index >= 15 is 0 Å². The number of hydrogen-bond acceptors (Lipinski definition) is 2. The van der Waals surface area contributed by atoms with Crippen LogP contribution in [0.4, 0.5) is 14.9 Å². The lowest BCUT2D eigenvalue weighted by Gasteiger charge is -2.35. The van der Waals surface area contributed by atoms with Gasteiger partial charge < -0.3 is 15.3 Å². The fourth-order valence-corrected chi connectivity index (χ4v) is 1.78. The first-order chi connectivity index (χ1) is 9.66. The van der Waals surface area contributed by atoms with E-state index in [1.807, 2.05) is 20.8 Å². The molecule has 0 spiro atoms. The third kappa shape index (κ3) is 4.30. The lowest BCUT2D eigenvalue weighted by molar-refractivity contribution is 0.0698. The summed E-state index contributed by atoms with van der Waals surface area (Å²) in [6.45, 7) is 9.37. The van der Waals surface area contributed by atoms with Crippen molar-refractivity contribution in [2.75, 3.05) is 11.9 Å². The molecule has 6 heteroatoms. The number of carboxylic acid groups (broad SMARTS) is 1. The van der Waals surface area contributed by atoms with Crippen molar-refractivity contribution >= 4 is 17.7 Å². The third-order valence-corrected chi connectivity index (χ3v) is 2.82. The first kappa shape index (κ1) is 16.7. The number of carboxylic acids is 1. The van der Waals surface area contributed by atoms with E-state index in [0.29, 0.717) is 0 Å². The predicted octanol–water partition coefficient (Wildman–Crippen LogP) is 3.34. The van der Waals surface area contributed by atoms with E-state index < -0.39 is 23.4 Å². The fourth-order valence-electron chi connectivity index (χ4n) is 1.78. The van der Waals surface area contributed by atoms with Crippen LogP contribution in [0, 0.1) is 5.82 Å². The standard InChI is InChI=1S/C15H19FN2O3/c1-5-8-18(15(2,3)4)14(21)17-12-9-10(16)6-7-11(12)13(19)20/h5-7,9H,1,8H2,2-4H3,(H,17,21)(H,19,20). The van der Waals surface area contributed by atoms with Gasteiger partial charge in [0.05, 0.1) is 11.3 Å². The number of aromatic carboxylic acids is 1. The second kappa shape index (κ2) is 6.39. The Balaban J connectivity index is 3.09. The van der Waals surface area contributed by atoms with Gasteiger partial charge >= 0.3 is 12.0 Å². The molecule has 0 bridgehead atoms. The van der Waals surface area contributed by atoms with Gasteiger partial charge in [0.1, 0.15) is 5.82 Å². The molecule has 0 aromatic heterocycles. The normalized spacial score (nSPS) is 10.9. The van der Waals surface area contributed by atoms with E-state index in [1.165, 1.54) is 4.90 Å². The molecule has 5 nitrogen and oxygen atoms in total. The van der Waals surface area contributed by atoms with E-state index in [4.69, 9.17) is 5.11 Å². The van der Waals surface area contributed by atoms with Crippen LogP contribution >= 0.6 is 0 Å². The lowest BCUT2D eigenvalue weighted by Crippen LogP contribution is -2.47. The van der Waals surface area contributed by atoms with Gasteiger partial charge in [0, 0.05) is 12.1 Å². The van der Waals surface area contributed by atoms with E-state index in [9.17, 15) is 14.0 Å². The Morgan fingerprint density at radius 2 is 2.05 bits per heavy atom. The smallest absolute Gasteiger partial charge is 0.337 e. The number of carbonyl (C=O) groups is 2. The molecule has 0 atom stereocenters. The van der Waals surface area contributed by atoms with Crippen molar-refractivity contribution in [1.29, 1.82) is 0 Å². The van der Waals surface area contributed by atoms with Crippen molar-refractivity contribution < 1.29 is 19.1 Å². The molecule has 0 saturated carbocycles. The summed E-state index contributed by atoms with van der Waals surface area (Å²) in [6, 6.07) is 2.61. The highest BCUT2D eigenvalue weighted by molar-refractivity contribution is 6.00. The first-order valence-corrected chi connectivity index (χ1v) is 6.39. The van der Waals surface area contributed by atoms with E-state index in [2.05, 4.69) is 11.9 Å². The van der Waals surface area contributed by atoms with Crippen LogP contribution in [0.25, 0.3) is 0 Å². The molecule has 0 saturated heterocycles. The summed E-state index contributed by atoms with van der Waals surface area (Å²) < 4.78 is 13.3. The minimum Gasteiger partial charge on any atom is -0.478 e. The molecule has 0 unspecified atom stereocenters. The Hall–Kier alpha value is -2.37. The number of urea groups is 1. The van der Waals surface area contributed by atoms with Crippen molar-refractivity contribution in [3.05, 3.63) is 42.2 Å². The zero-order chi connectivity index (χ0) is 16.2. The summed E-state index contributed by atoms with van der Waals surface area (Å²) in [5.74, 6) is -1.86. The van der Waals surface area contributed by atoms with Crippen molar-refractivity contribution in [2.24, 2.45) is 0 Å². The Labute approximate surface area is 123 Å². The molecule has 1 rings (SSSR count). The molecule has 0 heterocycles. The topological polar surface area (TPSA) is 69.6 Å². The number of nitrogens with zero attached hydrogens (tertiary/aromatic N) is 1. The molecule has 2 N–H and O–H groups in total. The Morgan fingerprint density at radius 1 is 1.43 bits per heavy atom. The Kier molecular flexibility index (Phi) is 5.07. The van der Waals surface area contributed by atoms with Crippen molar-refractivity contribution in [3.63, 3.8) is 0 Å². The van der Waals surface area contributed by atoms with Gasteiger partial charge in [0.2, 0.25) is 0 Å². The quantitative estimate of drug-likeness (QED) is 0.837. The van der Waals surface area contributed by atoms with Gasteiger partial charge in [-0.15, -0.1) is 6.58 Å². The average molecular weight is 294 g/mol. The number of carbonyl (C=O) groups excluding carboxylic acids is 1. The van der Waals surface area contributed by atoms with Gasteiger partial charge in [0.15, 0.2) is 0 Å². The first-order valence-electron chi connectivity index (χ1n) is 6.39. The van der Waals surface area contributed by atoms with Gasteiger partial charge in [-0.3, -0.25) is 0 Å². The Bertz CT molecular complexity index is 565. The summed E-state index contributed by atoms with van der Waals surface area (Å²) >= 11 is 0. The fraction of sp³-hybridized carbons (Fsp3) is 0.333. The molecule has 114 valence electrons. The zero-order valence-electron chi connectivity index (χ0n) is 12.3. The minimum atomic E-state index is -1.24. The largest absolute Gasteiger partial charge is 0.478 e. The number of rotatable bonds is 4. The molecule has 21 heavy (non-hydrogen) atoms. The summed E-state index contributed by atoms with van der Waals surface area (Å²) in [4.78, 5) is 24.9. The second-order valence-electron chi connectivity index (χ2n) is 5.50. The highest BCUT2D eigenvalue weighted by atomic mass is 19.1. The highest BCUT2D eigenvalue weighted by Gasteiger charge is 2.26. The predicted molar refractivity (Wildman–Crippen MR) is 79.0 cm³/mol. The SMILES string of the molecule is C=CCN(C(=O)Nc1cc(F)ccc1C(=O)O)C(C)(C)C. The number of nitrogens with one attached hydrogen (secondary N) is 1. The molecule has 0 aliphatic rings. The van der Waals surface area contributed by atoms with Crippen LogP contribution < -0.4 is 5.32 Å². The summed E-state index contributed by atoms with van der Waals surface area (Å²) in [5.41, 5.74) is -0.738. The maximum Gasteiger partial charge on any atom is 0.337 e. The second-order valence-corrected chi connectivity index (χ2v) is 5.50. The molecule has 2 amide bonds. The Morgan fingerprint density at radius 3 is 2.52 bits per heavy atom. The van der Waals surface area contributed by atoms with E-state index in [1.54, 1.807) is 6.08 Å². The van der Waals surface area contributed by atoms with Gasteiger partial charge in [-0.05, 0) is 39.0 Å². The van der Waals surface area contributed by atoms with Gasteiger partial charge in [-0.2, -0.15) is 0 Å². The molecule has 0 aliphatic heterocycles. The number of amides is 2. The van der Waals surface area contributed by atoms with Crippen LogP contribution in [0.15, 0.2) is 30.9 Å². The average Bonchev–Trinajstić information content (AvgIpc) is 2.33. The molecule has 0 radical (unpaired) electrons. The van der Waals surface area contributed by atoms with Crippen LogP contribution in [0.1, 0.15) is 31.1 Å². The van der Waals surface area contributed by atoms with Gasteiger partial charge in [-0.1, -0.05) is 6.08 Å². The van der Waals surface area contributed by atoms with Crippen LogP contribution in [0.5, 0.6) is 0 Å². The number of benzene rings is 1. The molecule has 0 aliphatic carbocycles. The van der Waals surface area contributed by atoms with Crippen molar-refractivity contribution in [3.8, 4) is 0 Å². The number of anilines is 1. The zero-order valence-corrected chi connectivity index (χ0v) is 12.3. The number of halogens is 1. The molecule has 1 aromatic rings. The van der Waals surface area contributed by atoms with Crippen molar-refractivity contribution in [2.45, 2.75) is 26.3 Å². The van der Waals surface area contributed by atoms with Gasteiger partial charge in [0.25, 0.3) is 0 Å².